The highest BCUT2D eigenvalue weighted by Crippen LogP contribution is 2.30. The van der Waals surface area contributed by atoms with Gasteiger partial charge < -0.3 is 9.64 Å². The second kappa shape index (κ2) is 9.13. The van der Waals surface area contributed by atoms with Crippen molar-refractivity contribution < 1.29 is 13.5 Å². The lowest BCUT2D eigenvalue weighted by Crippen LogP contribution is -2.14. The number of ether oxygens (including phenoxy) is 1. The molecule has 2 rings (SSSR count). The first-order chi connectivity index (χ1) is 12.4. The van der Waals surface area contributed by atoms with E-state index in [1.807, 2.05) is 44.9 Å². The van der Waals surface area contributed by atoms with Gasteiger partial charge in [-0.05, 0) is 61.7 Å². The van der Waals surface area contributed by atoms with E-state index < -0.39 is 6.08 Å². The first kappa shape index (κ1) is 19.6. The Labute approximate surface area is 153 Å². The third kappa shape index (κ3) is 5.15. The van der Waals surface area contributed by atoms with Crippen LogP contribution in [0.5, 0.6) is 5.75 Å². The SMILES string of the molecule is CCN(C)C=Nc1cc(C)c(C(COc2ccccc2)=C(F)F)cc1C. The van der Waals surface area contributed by atoms with Crippen LogP contribution in [-0.2, 0) is 0 Å². The van der Waals surface area contributed by atoms with Gasteiger partial charge in [-0.2, -0.15) is 8.78 Å². The van der Waals surface area contributed by atoms with Gasteiger partial charge >= 0.3 is 0 Å². The Balaban J connectivity index is 2.28. The molecular formula is C21H24F2N2O. The van der Waals surface area contributed by atoms with Crippen molar-refractivity contribution in [3.8, 4) is 5.75 Å². The number of halogens is 2. The smallest absolute Gasteiger partial charge is 0.277 e. The van der Waals surface area contributed by atoms with E-state index in [2.05, 4.69) is 4.99 Å². The number of para-hydroxylation sites is 1. The number of benzene rings is 2. The third-order valence-corrected chi connectivity index (χ3v) is 4.12. The van der Waals surface area contributed by atoms with Crippen LogP contribution in [0.2, 0.25) is 0 Å². The Morgan fingerprint density at radius 2 is 1.81 bits per heavy atom. The molecule has 0 aromatic heterocycles. The van der Waals surface area contributed by atoms with Gasteiger partial charge in [0.1, 0.15) is 12.4 Å². The number of nitrogens with zero attached hydrogens (tertiary/aromatic N) is 2. The van der Waals surface area contributed by atoms with Crippen LogP contribution in [0.4, 0.5) is 14.5 Å². The molecule has 0 atom stereocenters. The molecule has 0 heterocycles. The Morgan fingerprint density at radius 3 is 2.42 bits per heavy atom. The van der Waals surface area contributed by atoms with Crippen molar-refractivity contribution in [3.05, 3.63) is 65.2 Å². The largest absolute Gasteiger partial charge is 0.489 e. The molecule has 0 aliphatic carbocycles. The minimum Gasteiger partial charge on any atom is -0.489 e. The topological polar surface area (TPSA) is 24.8 Å². The Morgan fingerprint density at radius 1 is 1.12 bits per heavy atom. The lowest BCUT2D eigenvalue weighted by Gasteiger charge is -2.14. The normalized spacial score (nSPS) is 10.8. The van der Waals surface area contributed by atoms with Crippen LogP contribution in [0.25, 0.3) is 5.57 Å². The van der Waals surface area contributed by atoms with E-state index in [9.17, 15) is 8.78 Å². The van der Waals surface area contributed by atoms with Gasteiger partial charge in [-0.25, -0.2) is 4.99 Å². The maximum absolute atomic E-state index is 13.6. The third-order valence-electron chi connectivity index (χ3n) is 4.12. The summed E-state index contributed by atoms with van der Waals surface area (Å²) >= 11 is 0. The van der Waals surface area contributed by atoms with Crippen molar-refractivity contribution in [2.45, 2.75) is 20.8 Å². The zero-order valence-corrected chi connectivity index (χ0v) is 15.6. The van der Waals surface area contributed by atoms with Crippen molar-refractivity contribution in [1.82, 2.24) is 4.90 Å². The number of aliphatic imine (C=N–C) groups is 1. The van der Waals surface area contributed by atoms with Crippen molar-refractivity contribution in [2.75, 3.05) is 20.2 Å². The summed E-state index contributed by atoms with van der Waals surface area (Å²) < 4.78 is 32.7. The van der Waals surface area contributed by atoms with Crippen molar-refractivity contribution in [3.63, 3.8) is 0 Å². The van der Waals surface area contributed by atoms with Crippen LogP contribution in [0, 0.1) is 13.8 Å². The summed E-state index contributed by atoms with van der Waals surface area (Å²) in [5.41, 5.74) is 2.73. The lowest BCUT2D eigenvalue weighted by molar-refractivity contribution is 0.354. The molecule has 3 nitrogen and oxygen atoms in total. The maximum Gasteiger partial charge on any atom is 0.277 e. The highest BCUT2D eigenvalue weighted by molar-refractivity contribution is 5.74. The molecule has 0 fully saturated rings. The maximum atomic E-state index is 13.6. The van der Waals surface area contributed by atoms with Gasteiger partial charge in [-0.15, -0.1) is 0 Å². The number of hydrogen-bond donors (Lipinski definition) is 0. The summed E-state index contributed by atoms with van der Waals surface area (Å²) in [5.74, 6) is 0.560. The van der Waals surface area contributed by atoms with Gasteiger partial charge in [-0.1, -0.05) is 18.2 Å². The van der Waals surface area contributed by atoms with Crippen molar-refractivity contribution >= 4 is 17.6 Å². The molecule has 2 aromatic carbocycles. The van der Waals surface area contributed by atoms with Gasteiger partial charge in [0, 0.05) is 13.6 Å². The molecule has 0 N–H and O–H groups in total. The van der Waals surface area contributed by atoms with Gasteiger partial charge in [0.2, 0.25) is 0 Å². The molecule has 0 aliphatic heterocycles. The summed E-state index contributed by atoms with van der Waals surface area (Å²) in [4.78, 5) is 6.39. The molecular weight excluding hydrogens is 334 g/mol. The molecule has 138 valence electrons. The first-order valence-corrected chi connectivity index (χ1v) is 8.50. The van der Waals surface area contributed by atoms with Gasteiger partial charge in [0.15, 0.2) is 0 Å². The number of aryl methyl sites for hydroxylation is 2. The van der Waals surface area contributed by atoms with Crippen LogP contribution in [0.1, 0.15) is 23.6 Å². The molecule has 0 radical (unpaired) electrons. The van der Waals surface area contributed by atoms with Gasteiger partial charge in [0.05, 0.1) is 17.6 Å². The van der Waals surface area contributed by atoms with Gasteiger partial charge in [-0.3, -0.25) is 0 Å². The fourth-order valence-electron chi connectivity index (χ4n) is 2.41. The van der Waals surface area contributed by atoms with Crippen LogP contribution in [0.15, 0.2) is 53.5 Å². The summed E-state index contributed by atoms with van der Waals surface area (Å²) in [7, 11) is 1.93. The zero-order chi connectivity index (χ0) is 19.1. The number of rotatable bonds is 7. The average Bonchev–Trinajstić information content (AvgIpc) is 2.63. The number of hydrogen-bond acceptors (Lipinski definition) is 2. The Bertz CT molecular complexity index is 797. The molecule has 0 amide bonds. The summed E-state index contributed by atoms with van der Waals surface area (Å²) in [6, 6.07) is 12.5. The molecule has 0 aliphatic rings. The fraction of sp³-hybridized carbons (Fsp3) is 0.286. The van der Waals surface area contributed by atoms with E-state index in [0.29, 0.717) is 11.3 Å². The highest BCUT2D eigenvalue weighted by Gasteiger charge is 2.15. The van der Waals surface area contributed by atoms with E-state index in [0.717, 1.165) is 23.4 Å². The van der Waals surface area contributed by atoms with E-state index in [4.69, 9.17) is 4.74 Å². The molecule has 26 heavy (non-hydrogen) atoms. The van der Waals surface area contributed by atoms with E-state index in [1.54, 1.807) is 36.7 Å². The zero-order valence-electron chi connectivity index (χ0n) is 15.6. The molecule has 5 heteroatoms. The molecule has 0 bridgehead atoms. The monoisotopic (exact) mass is 358 g/mol. The second-order valence-corrected chi connectivity index (χ2v) is 6.11. The van der Waals surface area contributed by atoms with Gasteiger partial charge in [0.25, 0.3) is 6.08 Å². The summed E-state index contributed by atoms with van der Waals surface area (Å²) in [5, 5.41) is 0. The Hall–Kier alpha value is -2.69. The average molecular weight is 358 g/mol. The van der Waals surface area contributed by atoms with Crippen LogP contribution in [0.3, 0.4) is 0 Å². The molecule has 0 saturated carbocycles. The molecule has 0 spiro atoms. The molecule has 2 aromatic rings. The van der Waals surface area contributed by atoms with E-state index in [-0.39, 0.29) is 12.2 Å². The van der Waals surface area contributed by atoms with Crippen molar-refractivity contribution in [2.24, 2.45) is 4.99 Å². The molecule has 0 saturated heterocycles. The summed E-state index contributed by atoms with van der Waals surface area (Å²) in [6.07, 6.45) is 0.0114. The highest BCUT2D eigenvalue weighted by atomic mass is 19.3. The molecule has 0 unspecified atom stereocenters. The van der Waals surface area contributed by atoms with E-state index in [1.165, 1.54) is 0 Å². The standard InChI is InChI=1S/C21H24F2N2O/c1-5-25(4)14-24-20-12-15(2)18(11-16(20)3)19(21(22)23)13-26-17-9-7-6-8-10-17/h6-12,14H,5,13H2,1-4H3. The van der Waals surface area contributed by atoms with Crippen molar-refractivity contribution in [1.29, 1.82) is 0 Å². The quantitative estimate of drug-likeness (QED) is 0.475. The first-order valence-electron chi connectivity index (χ1n) is 8.50. The Kier molecular flexibility index (Phi) is 6.89. The predicted molar refractivity (Wildman–Crippen MR) is 103 cm³/mol. The fourth-order valence-corrected chi connectivity index (χ4v) is 2.41. The minimum atomic E-state index is -1.73. The second-order valence-electron chi connectivity index (χ2n) is 6.11. The predicted octanol–water partition coefficient (Wildman–Crippen LogP) is 5.60. The minimum absolute atomic E-state index is 0.101. The van der Waals surface area contributed by atoms with Crippen LogP contribution >= 0.6 is 0 Å². The summed E-state index contributed by atoms with van der Waals surface area (Å²) in [6.45, 7) is 6.36. The van der Waals surface area contributed by atoms with Crippen LogP contribution in [-0.4, -0.2) is 31.4 Å². The lowest BCUT2D eigenvalue weighted by atomic mass is 9.98. The van der Waals surface area contributed by atoms with Crippen LogP contribution < -0.4 is 4.74 Å². The van der Waals surface area contributed by atoms with E-state index >= 15 is 0 Å².